The number of nitrogens with zero attached hydrogens (tertiary/aromatic N) is 1. The fourth-order valence-corrected chi connectivity index (χ4v) is 2.22. The molecule has 17 heavy (non-hydrogen) atoms. The van der Waals surface area contributed by atoms with E-state index in [0.29, 0.717) is 19.4 Å². The van der Waals surface area contributed by atoms with Crippen LogP contribution in [-0.4, -0.2) is 21.6 Å². The van der Waals surface area contributed by atoms with Crippen LogP contribution in [0.4, 0.5) is 0 Å². The largest absolute Gasteiger partial charge is 0.380 e. The van der Waals surface area contributed by atoms with Crippen molar-refractivity contribution in [1.29, 1.82) is 0 Å². The molecule has 1 heterocycles. The highest BCUT2D eigenvalue weighted by Gasteiger charge is 2.38. The number of aryl methyl sites for hydroxylation is 1. The quantitative estimate of drug-likeness (QED) is 0.829. The number of carbonyl (C=O) groups is 1. The monoisotopic (exact) mass is 234 g/mol. The van der Waals surface area contributed by atoms with Gasteiger partial charge in [0.1, 0.15) is 5.60 Å². The van der Waals surface area contributed by atoms with Crippen LogP contribution >= 0.6 is 0 Å². The van der Waals surface area contributed by atoms with E-state index < -0.39 is 5.60 Å². The first-order valence-electron chi connectivity index (χ1n) is 6.03. The third kappa shape index (κ3) is 2.82. The van der Waals surface area contributed by atoms with Crippen LogP contribution in [0.15, 0.2) is 18.2 Å². The molecule has 1 fully saturated rings. The zero-order valence-electron chi connectivity index (χ0n) is 10.1. The molecule has 92 valence electrons. The van der Waals surface area contributed by atoms with Gasteiger partial charge >= 0.3 is 0 Å². The van der Waals surface area contributed by atoms with Gasteiger partial charge in [-0.25, -0.2) is 0 Å². The first-order chi connectivity index (χ1) is 8.10. The van der Waals surface area contributed by atoms with Gasteiger partial charge in [-0.15, -0.1) is 0 Å². The van der Waals surface area contributed by atoms with Crippen molar-refractivity contribution in [1.82, 2.24) is 10.3 Å². The minimum Gasteiger partial charge on any atom is -0.380 e. The van der Waals surface area contributed by atoms with Gasteiger partial charge in [0.25, 0.3) is 5.91 Å². The van der Waals surface area contributed by atoms with Crippen molar-refractivity contribution in [2.24, 2.45) is 0 Å². The second-order valence-electron chi connectivity index (χ2n) is 4.69. The summed E-state index contributed by atoms with van der Waals surface area (Å²) in [6, 6.07) is 5.69. The summed E-state index contributed by atoms with van der Waals surface area (Å²) in [5.41, 5.74) is 0.598. The molecule has 0 atom stereocenters. The molecule has 4 nitrogen and oxygen atoms in total. The van der Waals surface area contributed by atoms with Crippen LogP contribution < -0.4 is 5.32 Å². The molecule has 0 aromatic carbocycles. The topological polar surface area (TPSA) is 62.2 Å². The molecule has 0 radical (unpaired) electrons. The number of amides is 1. The van der Waals surface area contributed by atoms with Gasteiger partial charge in [0, 0.05) is 5.69 Å². The van der Waals surface area contributed by atoms with Crippen LogP contribution in [0, 0.1) is 6.92 Å². The standard InChI is InChI=1S/C13H18N2O2/c1-10-5-4-6-11(15-10)9-14-12(16)13(17)7-2-3-8-13/h4-6,17H,2-3,7-9H2,1H3,(H,14,16). The van der Waals surface area contributed by atoms with Gasteiger partial charge in [0.2, 0.25) is 0 Å². The van der Waals surface area contributed by atoms with Crippen LogP contribution in [0.5, 0.6) is 0 Å². The smallest absolute Gasteiger partial charge is 0.252 e. The second-order valence-corrected chi connectivity index (χ2v) is 4.69. The zero-order valence-corrected chi connectivity index (χ0v) is 10.1. The van der Waals surface area contributed by atoms with Crippen molar-refractivity contribution in [3.63, 3.8) is 0 Å². The Kier molecular flexibility index (Phi) is 3.43. The van der Waals surface area contributed by atoms with E-state index in [1.807, 2.05) is 25.1 Å². The molecule has 0 saturated heterocycles. The van der Waals surface area contributed by atoms with E-state index in [9.17, 15) is 9.90 Å². The van der Waals surface area contributed by atoms with Crippen molar-refractivity contribution >= 4 is 5.91 Å². The van der Waals surface area contributed by atoms with Crippen molar-refractivity contribution in [2.45, 2.75) is 44.8 Å². The van der Waals surface area contributed by atoms with Crippen LogP contribution in [0.3, 0.4) is 0 Å². The van der Waals surface area contributed by atoms with Crippen molar-refractivity contribution < 1.29 is 9.90 Å². The fourth-order valence-electron chi connectivity index (χ4n) is 2.22. The van der Waals surface area contributed by atoms with Crippen molar-refractivity contribution in [2.75, 3.05) is 0 Å². The molecule has 1 aliphatic carbocycles. The summed E-state index contributed by atoms with van der Waals surface area (Å²) >= 11 is 0. The van der Waals surface area contributed by atoms with E-state index in [1.165, 1.54) is 0 Å². The van der Waals surface area contributed by atoms with Gasteiger partial charge in [-0.1, -0.05) is 6.07 Å². The van der Waals surface area contributed by atoms with Gasteiger partial charge in [-0.3, -0.25) is 9.78 Å². The Morgan fingerprint density at radius 3 is 2.82 bits per heavy atom. The first kappa shape index (κ1) is 12.0. The molecular weight excluding hydrogens is 216 g/mol. The van der Waals surface area contributed by atoms with Gasteiger partial charge in [0.15, 0.2) is 0 Å². The minimum atomic E-state index is -1.15. The van der Waals surface area contributed by atoms with Gasteiger partial charge in [-0.05, 0) is 44.7 Å². The average Bonchev–Trinajstić information content (AvgIpc) is 2.74. The molecule has 1 amide bonds. The summed E-state index contributed by atoms with van der Waals surface area (Å²) in [6.07, 6.45) is 2.99. The molecule has 0 aliphatic heterocycles. The molecule has 2 rings (SSSR count). The summed E-state index contributed by atoms with van der Waals surface area (Å²) in [5, 5.41) is 12.8. The van der Waals surface area contributed by atoms with Crippen molar-refractivity contribution in [3.05, 3.63) is 29.6 Å². The lowest BCUT2D eigenvalue weighted by molar-refractivity contribution is -0.139. The molecule has 0 bridgehead atoms. The van der Waals surface area contributed by atoms with Gasteiger partial charge in [0.05, 0.1) is 12.2 Å². The predicted octanol–water partition coefficient (Wildman–Crippen LogP) is 1.31. The Bertz CT molecular complexity index is 412. The van der Waals surface area contributed by atoms with E-state index in [2.05, 4.69) is 10.3 Å². The maximum atomic E-state index is 11.8. The molecule has 4 heteroatoms. The fraction of sp³-hybridized carbons (Fsp3) is 0.538. The molecule has 1 aliphatic rings. The van der Waals surface area contributed by atoms with Crippen LogP contribution in [-0.2, 0) is 11.3 Å². The molecule has 1 aromatic rings. The first-order valence-corrected chi connectivity index (χ1v) is 6.03. The second kappa shape index (κ2) is 4.84. The summed E-state index contributed by atoms with van der Waals surface area (Å²) in [6.45, 7) is 2.29. The van der Waals surface area contributed by atoms with E-state index >= 15 is 0 Å². The average molecular weight is 234 g/mol. The van der Waals surface area contributed by atoms with E-state index in [0.717, 1.165) is 24.2 Å². The number of carbonyl (C=O) groups excluding carboxylic acids is 1. The molecular formula is C13H18N2O2. The van der Waals surface area contributed by atoms with Gasteiger partial charge in [-0.2, -0.15) is 0 Å². The number of rotatable bonds is 3. The lowest BCUT2D eigenvalue weighted by atomic mass is 10.0. The molecule has 2 N–H and O–H groups in total. The highest BCUT2D eigenvalue weighted by atomic mass is 16.3. The number of nitrogens with one attached hydrogen (secondary N) is 1. The lowest BCUT2D eigenvalue weighted by Crippen LogP contribution is -2.44. The normalized spacial score (nSPS) is 18.0. The third-order valence-corrected chi connectivity index (χ3v) is 3.23. The number of pyridine rings is 1. The van der Waals surface area contributed by atoms with Crippen LogP contribution in [0.1, 0.15) is 37.1 Å². The Morgan fingerprint density at radius 2 is 2.18 bits per heavy atom. The highest BCUT2D eigenvalue weighted by molar-refractivity contribution is 5.85. The Balaban J connectivity index is 1.92. The van der Waals surface area contributed by atoms with E-state index in [4.69, 9.17) is 0 Å². The Morgan fingerprint density at radius 1 is 1.47 bits per heavy atom. The third-order valence-electron chi connectivity index (χ3n) is 3.23. The Hall–Kier alpha value is -1.42. The molecule has 1 saturated carbocycles. The molecule has 0 unspecified atom stereocenters. The summed E-state index contributed by atoms with van der Waals surface area (Å²) in [7, 11) is 0. The summed E-state index contributed by atoms with van der Waals surface area (Å²) in [5.74, 6) is -0.265. The molecule has 1 aromatic heterocycles. The lowest BCUT2D eigenvalue weighted by Gasteiger charge is -2.20. The van der Waals surface area contributed by atoms with Crippen LogP contribution in [0.25, 0.3) is 0 Å². The Labute approximate surface area is 101 Å². The number of aliphatic hydroxyl groups is 1. The number of hydrogen-bond acceptors (Lipinski definition) is 3. The van der Waals surface area contributed by atoms with Crippen LogP contribution in [0.2, 0.25) is 0 Å². The zero-order chi connectivity index (χ0) is 12.3. The SMILES string of the molecule is Cc1cccc(CNC(=O)C2(O)CCCC2)n1. The summed E-state index contributed by atoms with van der Waals surface area (Å²) in [4.78, 5) is 16.1. The molecule has 0 spiro atoms. The maximum Gasteiger partial charge on any atom is 0.252 e. The number of aromatic nitrogens is 1. The highest BCUT2D eigenvalue weighted by Crippen LogP contribution is 2.29. The van der Waals surface area contributed by atoms with E-state index in [-0.39, 0.29) is 5.91 Å². The predicted molar refractivity (Wildman–Crippen MR) is 64.2 cm³/mol. The minimum absolute atomic E-state index is 0.265. The van der Waals surface area contributed by atoms with Crippen molar-refractivity contribution in [3.8, 4) is 0 Å². The summed E-state index contributed by atoms with van der Waals surface area (Å²) < 4.78 is 0. The van der Waals surface area contributed by atoms with Gasteiger partial charge < -0.3 is 10.4 Å². The maximum absolute atomic E-state index is 11.8. The number of hydrogen-bond donors (Lipinski definition) is 2. The van der Waals surface area contributed by atoms with E-state index in [1.54, 1.807) is 0 Å².